The van der Waals surface area contributed by atoms with Crippen LogP contribution in [0.25, 0.3) is 10.9 Å². The third-order valence-corrected chi connectivity index (χ3v) is 8.68. The molecule has 214 valence electrons. The first-order valence-electron chi connectivity index (χ1n) is 14.4. The number of hydrogen-bond acceptors (Lipinski definition) is 5. The average Bonchev–Trinajstić information content (AvgIpc) is 3.49. The highest BCUT2D eigenvalue weighted by molar-refractivity contribution is 6.31. The number of benzene rings is 1. The molecular formula is C30H39ClN6O3. The molecule has 1 saturated carbocycles. The molecule has 3 heterocycles. The van der Waals surface area contributed by atoms with E-state index in [1.165, 1.54) is 0 Å². The van der Waals surface area contributed by atoms with Crippen LogP contribution in [0.5, 0.6) is 0 Å². The highest BCUT2D eigenvalue weighted by atomic mass is 35.5. The first-order valence-corrected chi connectivity index (χ1v) is 14.8. The quantitative estimate of drug-likeness (QED) is 0.406. The van der Waals surface area contributed by atoms with Crippen molar-refractivity contribution >= 4 is 40.1 Å². The fourth-order valence-corrected chi connectivity index (χ4v) is 6.21. The van der Waals surface area contributed by atoms with E-state index in [1.54, 1.807) is 24.5 Å². The lowest BCUT2D eigenvalue weighted by molar-refractivity contribution is -0.133. The molecular weight excluding hydrogens is 528 g/mol. The molecule has 9 nitrogen and oxygen atoms in total. The smallest absolute Gasteiger partial charge is 0.253 e. The standard InChI is InChI=1S/C30H39ClN6O3/c1-4-5-28(38)25-17-32-37(20(25)2)23-9-7-22(8-10-23)33-30(40)26-18-36(27-11-6-21(31)16-24(26)27)19-29(39)35-14-12-34(3)13-15-35/h6,11,16-18,22-23H,4-5,7-10,12-15,19H2,1-3H3,(H,33,40). The highest BCUT2D eigenvalue weighted by Crippen LogP contribution is 2.31. The van der Waals surface area contributed by atoms with E-state index < -0.39 is 0 Å². The Bertz CT molecular complexity index is 1400. The topological polar surface area (TPSA) is 92.5 Å². The Balaban J connectivity index is 1.25. The van der Waals surface area contributed by atoms with Gasteiger partial charge in [0.1, 0.15) is 6.54 Å². The third kappa shape index (κ3) is 5.95. The zero-order valence-corrected chi connectivity index (χ0v) is 24.4. The van der Waals surface area contributed by atoms with Crippen molar-refractivity contribution in [1.82, 2.24) is 29.5 Å². The molecule has 1 aliphatic heterocycles. The van der Waals surface area contributed by atoms with Crippen LogP contribution in [0.2, 0.25) is 5.02 Å². The number of nitrogens with one attached hydrogen (secondary N) is 1. The maximum atomic E-state index is 13.5. The lowest BCUT2D eigenvalue weighted by Gasteiger charge is -2.32. The van der Waals surface area contributed by atoms with Crippen molar-refractivity contribution in [2.45, 2.75) is 71.0 Å². The number of amides is 2. The number of hydrogen-bond donors (Lipinski definition) is 1. The number of ketones is 1. The summed E-state index contributed by atoms with van der Waals surface area (Å²) >= 11 is 6.31. The molecule has 0 spiro atoms. The molecule has 0 atom stereocenters. The molecule has 2 amide bonds. The van der Waals surface area contributed by atoms with Gasteiger partial charge >= 0.3 is 0 Å². The van der Waals surface area contributed by atoms with E-state index in [0.717, 1.165) is 67.4 Å². The minimum atomic E-state index is -0.149. The van der Waals surface area contributed by atoms with Crippen molar-refractivity contribution in [3.05, 3.63) is 52.4 Å². The van der Waals surface area contributed by atoms with Crippen LogP contribution in [0.15, 0.2) is 30.6 Å². The first kappa shape index (κ1) is 28.4. The van der Waals surface area contributed by atoms with Gasteiger partial charge in [-0.3, -0.25) is 19.1 Å². The maximum Gasteiger partial charge on any atom is 0.253 e. The Morgan fingerprint density at radius 1 is 1.05 bits per heavy atom. The zero-order valence-electron chi connectivity index (χ0n) is 23.7. The van der Waals surface area contributed by atoms with Gasteiger partial charge < -0.3 is 19.7 Å². The third-order valence-electron chi connectivity index (χ3n) is 8.45. The van der Waals surface area contributed by atoms with Crippen molar-refractivity contribution in [2.75, 3.05) is 33.2 Å². The van der Waals surface area contributed by atoms with E-state index in [2.05, 4.69) is 22.4 Å². The van der Waals surface area contributed by atoms with Crippen molar-refractivity contribution in [3.8, 4) is 0 Å². The van der Waals surface area contributed by atoms with Crippen LogP contribution in [-0.4, -0.2) is 81.0 Å². The predicted molar refractivity (Wildman–Crippen MR) is 156 cm³/mol. The van der Waals surface area contributed by atoms with Gasteiger partial charge in [-0.2, -0.15) is 5.10 Å². The number of carbonyl (C=O) groups excluding carboxylic acids is 3. The molecule has 3 aromatic rings. The number of nitrogens with zero attached hydrogens (tertiary/aromatic N) is 5. The Labute approximate surface area is 240 Å². The molecule has 1 aromatic carbocycles. The summed E-state index contributed by atoms with van der Waals surface area (Å²) in [5.41, 5.74) is 3.01. The highest BCUT2D eigenvalue weighted by Gasteiger charge is 2.28. The van der Waals surface area contributed by atoms with E-state index in [4.69, 9.17) is 11.6 Å². The van der Waals surface area contributed by atoms with Crippen LogP contribution in [-0.2, 0) is 11.3 Å². The minimum absolute atomic E-state index is 0.0466. The van der Waals surface area contributed by atoms with Crippen LogP contribution in [0.3, 0.4) is 0 Å². The summed E-state index contributed by atoms with van der Waals surface area (Å²) in [5, 5.41) is 9.07. The lowest BCUT2D eigenvalue weighted by Crippen LogP contribution is -2.48. The van der Waals surface area contributed by atoms with Gasteiger partial charge in [0.15, 0.2) is 5.78 Å². The summed E-state index contributed by atoms with van der Waals surface area (Å²) in [5.74, 6) is 0.0552. The number of Topliss-reactive ketones (excluding diaryl/α,β-unsaturated/α-hetero) is 1. The SMILES string of the molecule is CCCC(=O)c1cnn(C2CCC(NC(=O)c3cn(CC(=O)N4CCN(C)CC4)c4ccc(Cl)cc34)CC2)c1C. The van der Waals surface area contributed by atoms with E-state index in [-0.39, 0.29) is 36.2 Å². The number of fused-ring (bicyclic) bond motifs is 1. The molecule has 0 unspecified atom stereocenters. The molecule has 0 bridgehead atoms. The molecule has 10 heteroatoms. The van der Waals surface area contributed by atoms with E-state index >= 15 is 0 Å². The van der Waals surface area contributed by atoms with Gasteiger partial charge in [-0.1, -0.05) is 18.5 Å². The number of likely N-dealkylation sites (N-methyl/N-ethyl adjacent to an activating group) is 1. The number of aromatic nitrogens is 3. The number of halogens is 1. The fraction of sp³-hybridized carbons (Fsp3) is 0.533. The van der Waals surface area contributed by atoms with Crippen molar-refractivity contribution < 1.29 is 14.4 Å². The normalized spacial score (nSPS) is 20.1. The van der Waals surface area contributed by atoms with Gasteiger partial charge in [0.2, 0.25) is 5.91 Å². The van der Waals surface area contributed by atoms with Gasteiger partial charge in [-0.15, -0.1) is 0 Å². The van der Waals surface area contributed by atoms with E-state index in [1.807, 2.05) is 34.1 Å². The van der Waals surface area contributed by atoms with Gasteiger partial charge in [0.25, 0.3) is 5.91 Å². The van der Waals surface area contributed by atoms with Crippen molar-refractivity contribution in [3.63, 3.8) is 0 Å². The number of carbonyl (C=O) groups is 3. The number of piperazine rings is 1. The Kier molecular flexibility index (Phi) is 8.61. The van der Waals surface area contributed by atoms with Crippen molar-refractivity contribution in [2.24, 2.45) is 0 Å². The van der Waals surface area contributed by atoms with Crippen LogP contribution < -0.4 is 5.32 Å². The molecule has 1 saturated heterocycles. The van der Waals surface area contributed by atoms with Crippen LogP contribution >= 0.6 is 11.6 Å². The average molecular weight is 567 g/mol. The summed E-state index contributed by atoms with van der Waals surface area (Å²) in [6, 6.07) is 5.74. The summed E-state index contributed by atoms with van der Waals surface area (Å²) in [7, 11) is 2.06. The summed E-state index contributed by atoms with van der Waals surface area (Å²) < 4.78 is 3.87. The largest absolute Gasteiger partial charge is 0.349 e. The van der Waals surface area contributed by atoms with Gasteiger partial charge in [0.05, 0.1) is 23.4 Å². The minimum Gasteiger partial charge on any atom is -0.349 e. The Morgan fingerprint density at radius 3 is 2.48 bits per heavy atom. The summed E-state index contributed by atoms with van der Waals surface area (Å²) in [6.07, 6.45) is 8.27. The first-order chi connectivity index (χ1) is 19.2. The summed E-state index contributed by atoms with van der Waals surface area (Å²) in [4.78, 5) is 43.1. The molecule has 2 aromatic heterocycles. The molecule has 2 aliphatic rings. The van der Waals surface area contributed by atoms with Gasteiger partial charge in [0, 0.05) is 66.5 Å². The second-order valence-electron chi connectivity index (χ2n) is 11.3. The molecule has 40 heavy (non-hydrogen) atoms. The second-order valence-corrected chi connectivity index (χ2v) is 11.7. The maximum absolute atomic E-state index is 13.5. The fourth-order valence-electron chi connectivity index (χ4n) is 6.04. The second kappa shape index (κ2) is 12.1. The molecule has 0 radical (unpaired) electrons. The zero-order chi connectivity index (χ0) is 28.4. The summed E-state index contributed by atoms with van der Waals surface area (Å²) in [6.45, 7) is 7.32. The van der Waals surface area contributed by atoms with Crippen LogP contribution in [0, 0.1) is 6.92 Å². The monoisotopic (exact) mass is 566 g/mol. The number of rotatable bonds is 8. The van der Waals surface area contributed by atoms with E-state index in [9.17, 15) is 14.4 Å². The molecule has 2 fully saturated rings. The van der Waals surface area contributed by atoms with Crippen LogP contribution in [0.4, 0.5) is 0 Å². The lowest BCUT2D eigenvalue weighted by atomic mass is 9.90. The van der Waals surface area contributed by atoms with Gasteiger partial charge in [-0.25, -0.2) is 0 Å². The molecule has 5 rings (SSSR count). The Hall–Kier alpha value is -3.17. The molecule has 1 aliphatic carbocycles. The predicted octanol–water partition coefficient (Wildman–Crippen LogP) is 4.47. The van der Waals surface area contributed by atoms with E-state index in [0.29, 0.717) is 30.1 Å². The van der Waals surface area contributed by atoms with Gasteiger partial charge in [-0.05, 0) is 64.3 Å². The van der Waals surface area contributed by atoms with Crippen LogP contribution in [0.1, 0.15) is 77.9 Å². The van der Waals surface area contributed by atoms with Crippen molar-refractivity contribution in [1.29, 1.82) is 0 Å². The Morgan fingerprint density at radius 2 is 1.77 bits per heavy atom. The molecule has 1 N–H and O–H groups in total.